The fraction of sp³-hybridized carbons (Fsp3) is 0.250. The summed E-state index contributed by atoms with van der Waals surface area (Å²) in [7, 11) is -3.83. The van der Waals surface area contributed by atoms with E-state index < -0.39 is 7.37 Å². The Labute approximate surface area is 110 Å². The number of rotatable bonds is 7. The fourth-order valence-corrected chi connectivity index (χ4v) is 1.64. The van der Waals surface area contributed by atoms with E-state index in [2.05, 4.69) is 0 Å². The van der Waals surface area contributed by atoms with Crippen molar-refractivity contribution < 1.29 is 28.2 Å². The van der Waals surface area contributed by atoms with Gasteiger partial charge in [0, 0.05) is 6.42 Å². The molecule has 0 aliphatic heterocycles. The molecule has 0 amide bonds. The average Bonchev–Trinajstić information content (AvgIpc) is 2.46. The SMILES string of the molecule is CCC(=O)Oc1ccc(COP(=O)(C=O)C=O)cc1. The lowest BCUT2D eigenvalue weighted by molar-refractivity contribution is -0.134. The highest BCUT2D eigenvalue weighted by Crippen LogP contribution is 2.40. The van der Waals surface area contributed by atoms with Crippen LogP contribution in [0.2, 0.25) is 0 Å². The summed E-state index contributed by atoms with van der Waals surface area (Å²) in [4.78, 5) is 31.9. The van der Waals surface area contributed by atoms with Gasteiger partial charge >= 0.3 is 13.3 Å². The van der Waals surface area contributed by atoms with Gasteiger partial charge in [-0.05, 0) is 17.7 Å². The summed E-state index contributed by atoms with van der Waals surface area (Å²) in [5.74, 6) is 0.0277. The van der Waals surface area contributed by atoms with Gasteiger partial charge in [0.15, 0.2) is 0 Å². The van der Waals surface area contributed by atoms with Crippen LogP contribution in [0.1, 0.15) is 18.9 Å². The first-order valence-electron chi connectivity index (χ1n) is 5.49. The van der Waals surface area contributed by atoms with Crippen LogP contribution in [0.3, 0.4) is 0 Å². The summed E-state index contributed by atoms with van der Waals surface area (Å²) in [6, 6.07) is 6.27. The second kappa shape index (κ2) is 6.97. The first-order chi connectivity index (χ1) is 9.03. The zero-order chi connectivity index (χ0) is 14.3. The van der Waals surface area contributed by atoms with Gasteiger partial charge in [0.25, 0.3) is 0 Å². The van der Waals surface area contributed by atoms with Crippen LogP contribution in [0.25, 0.3) is 0 Å². The molecule has 6 nitrogen and oxygen atoms in total. The molecule has 0 aliphatic carbocycles. The van der Waals surface area contributed by atoms with Gasteiger partial charge in [-0.15, -0.1) is 0 Å². The summed E-state index contributed by atoms with van der Waals surface area (Å²) in [6.45, 7) is 1.54. The third-order valence-corrected chi connectivity index (χ3v) is 3.29. The van der Waals surface area contributed by atoms with Gasteiger partial charge in [0.05, 0.1) is 6.61 Å². The zero-order valence-electron chi connectivity index (χ0n) is 10.3. The molecule has 0 spiro atoms. The molecule has 0 aromatic heterocycles. The molecule has 0 aliphatic rings. The molecule has 1 aromatic rings. The summed E-state index contributed by atoms with van der Waals surface area (Å²) < 4.78 is 21.1. The molecule has 1 rings (SSSR count). The summed E-state index contributed by atoms with van der Waals surface area (Å²) in [5.41, 5.74) is 0.597. The Bertz CT molecular complexity index is 495. The number of esters is 1. The zero-order valence-corrected chi connectivity index (χ0v) is 11.2. The Hall–Kier alpha value is -1.78. The summed E-state index contributed by atoms with van der Waals surface area (Å²) >= 11 is 0. The van der Waals surface area contributed by atoms with Crippen molar-refractivity contribution in [2.75, 3.05) is 0 Å². The second-order valence-electron chi connectivity index (χ2n) is 3.60. The second-order valence-corrected chi connectivity index (χ2v) is 5.57. The number of carbonyl (C=O) groups is 3. The Morgan fingerprint density at radius 3 is 2.26 bits per heavy atom. The van der Waals surface area contributed by atoms with Crippen molar-refractivity contribution in [3.8, 4) is 5.75 Å². The molecule has 0 heterocycles. The van der Waals surface area contributed by atoms with E-state index in [4.69, 9.17) is 9.26 Å². The molecule has 0 fully saturated rings. The van der Waals surface area contributed by atoms with Crippen LogP contribution in [0.5, 0.6) is 5.75 Å². The Balaban J connectivity index is 2.62. The number of benzene rings is 1. The van der Waals surface area contributed by atoms with Gasteiger partial charge in [0.2, 0.25) is 12.1 Å². The van der Waals surface area contributed by atoms with Crippen LogP contribution >= 0.6 is 7.37 Å². The van der Waals surface area contributed by atoms with E-state index in [-0.39, 0.29) is 31.1 Å². The van der Waals surface area contributed by atoms with Gasteiger partial charge in [0.1, 0.15) is 5.75 Å². The lowest BCUT2D eigenvalue weighted by Gasteiger charge is -2.07. The minimum atomic E-state index is -3.83. The van der Waals surface area contributed by atoms with Crippen molar-refractivity contribution in [3.63, 3.8) is 0 Å². The van der Waals surface area contributed by atoms with Gasteiger partial charge in [-0.25, -0.2) is 0 Å². The van der Waals surface area contributed by atoms with Crippen molar-refractivity contribution in [1.29, 1.82) is 0 Å². The lowest BCUT2D eigenvalue weighted by Crippen LogP contribution is -2.05. The maximum absolute atomic E-state index is 11.3. The molecule has 0 unspecified atom stereocenters. The Morgan fingerprint density at radius 1 is 1.21 bits per heavy atom. The van der Waals surface area contributed by atoms with E-state index in [0.717, 1.165) is 0 Å². The van der Waals surface area contributed by atoms with Crippen LogP contribution in [-0.4, -0.2) is 18.0 Å². The van der Waals surface area contributed by atoms with Crippen molar-refractivity contribution in [2.24, 2.45) is 0 Å². The van der Waals surface area contributed by atoms with Gasteiger partial charge in [-0.1, -0.05) is 19.1 Å². The molecule has 0 bridgehead atoms. The van der Waals surface area contributed by atoms with Gasteiger partial charge in [-0.3, -0.25) is 18.9 Å². The van der Waals surface area contributed by atoms with E-state index in [1.807, 2.05) is 0 Å². The monoisotopic (exact) mass is 284 g/mol. The van der Waals surface area contributed by atoms with E-state index in [9.17, 15) is 18.9 Å². The van der Waals surface area contributed by atoms with Crippen molar-refractivity contribution in [2.45, 2.75) is 20.0 Å². The average molecular weight is 284 g/mol. The Kier molecular flexibility index (Phi) is 5.60. The van der Waals surface area contributed by atoms with Crippen LogP contribution in [-0.2, 0) is 30.1 Å². The van der Waals surface area contributed by atoms with E-state index in [1.54, 1.807) is 31.2 Å². The molecule has 0 atom stereocenters. The maximum atomic E-state index is 11.3. The molecule has 0 saturated carbocycles. The van der Waals surface area contributed by atoms with Crippen LogP contribution in [0.4, 0.5) is 0 Å². The molecule has 102 valence electrons. The molecular weight excluding hydrogens is 271 g/mol. The predicted octanol–water partition coefficient (Wildman–Crippen LogP) is 2.18. The highest BCUT2D eigenvalue weighted by atomic mass is 31.2. The predicted molar refractivity (Wildman–Crippen MR) is 68.3 cm³/mol. The first-order valence-corrected chi connectivity index (χ1v) is 7.25. The standard InChI is InChI=1S/C12H13O6P/c1-2-12(15)18-11-5-3-10(4-6-11)7-17-19(16,8-13)9-14/h3-6,8-9H,2,7H2,1H3. The summed E-state index contributed by atoms with van der Waals surface area (Å²) in [6.07, 6.45) is 0.271. The number of hydrogen-bond donors (Lipinski definition) is 0. The first kappa shape index (κ1) is 15.3. The number of carbonyl (C=O) groups excluding carboxylic acids is 3. The Morgan fingerprint density at radius 2 is 1.79 bits per heavy atom. The lowest BCUT2D eigenvalue weighted by atomic mass is 10.2. The van der Waals surface area contributed by atoms with Gasteiger partial charge in [-0.2, -0.15) is 0 Å². The quantitative estimate of drug-likeness (QED) is 0.330. The molecular formula is C12H13O6P. The smallest absolute Gasteiger partial charge is 0.324 e. The molecule has 0 N–H and O–H groups in total. The van der Waals surface area contributed by atoms with Crippen molar-refractivity contribution in [3.05, 3.63) is 29.8 Å². The van der Waals surface area contributed by atoms with Crippen molar-refractivity contribution >= 4 is 25.4 Å². The molecule has 7 heteroatoms. The van der Waals surface area contributed by atoms with E-state index >= 15 is 0 Å². The fourth-order valence-electron chi connectivity index (χ4n) is 1.12. The van der Waals surface area contributed by atoms with Crippen LogP contribution < -0.4 is 4.74 Å². The highest BCUT2D eigenvalue weighted by molar-refractivity contribution is 7.86. The van der Waals surface area contributed by atoms with E-state index in [0.29, 0.717) is 11.3 Å². The normalized spacial score (nSPS) is 10.8. The van der Waals surface area contributed by atoms with Crippen LogP contribution in [0.15, 0.2) is 24.3 Å². The van der Waals surface area contributed by atoms with Crippen molar-refractivity contribution in [1.82, 2.24) is 0 Å². The third-order valence-electron chi connectivity index (χ3n) is 2.17. The van der Waals surface area contributed by atoms with Crippen LogP contribution in [0, 0.1) is 0 Å². The summed E-state index contributed by atoms with van der Waals surface area (Å²) in [5, 5.41) is 0. The highest BCUT2D eigenvalue weighted by Gasteiger charge is 2.20. The number of ether oxygens (including phenoxy) is 1. The minimum absolute atomic E-state index is 0.0113. The maximum Gasteiger partial charge on any atom is 0.324 e. The molecule has 19 heavy (non-hydrogen) atoms. The largest absolute Gasteiger partial charge is 0.427 e. The third kappa shape index (κ3) is 4.77. The number of hydrogen-bond acceptors (Lipinski definition) is 6. The van der Waals surface area contributed by atoms with Gasteiger partial charge < -0.3 is 9.26 Å². The molecule has 0 saturated heterocycles. The molecule has 0 radical (unpaired) electrons. The van der Waals surface area contributed by atoms with E-state index in [1.165, 1.54) is 0 Å². The molecule has 1 aromatic carbocycles. The minimum Gasteiger partial charge on any atom is -0.427 e. The topological polar surface area (TPSA) is 86.7 Å².